The first kappa shape index (κ1) is 21.9. The lowest BCUT2D eigenvalue weighted by Crippen LogP contribution is -2.28. The lowest BCUT2D eigenvalue weighted by molar-refractivity contribution is 0.155. The number of hydrogen-bond acceptors (Lipinski definition) is 3. The van der Waals surface area contributed by atoms with Crippen LogP contribution >= 0.6 is 0 Å². The fourth-order valence-corrected chi connectivity index (χ4v) is 2.85. The van der Waals surface area contributed by atoms with Gasteiger partial charge in [0.1, 0.15) is 0 Å². The first-order valence-electron chi connectivity index (χ1n) is 9.81. The lowest BCUT2D eigenvalue weighted by atomic mass is 10.0. The van der Waals surface area contributed by atoms with Crippen molar-refractivity contribution in [2.45, 2.75) is 103 Å². The van der Waals surface area contributed by atoms with Crippen molar-refractivity contribution in [3.05, 3.63) is 0 Å². The number of hydrogen-bond donors (Lipinski definition) is 3. The second-order valence-corrected chi connectivity index (χ2v) is 6.61. The quantitative estimate of drug-likeness (QED) is 0.328. The van der Waals surface area contributed by atoms with Gasteiger partial charge in [-0.25, -0.2) is 0 Å². The zero-order chi connectivity index (χ0) is 16.3. The minimum absolute atomic E-state index is 0.144. The van der Waals surface area contributed by atoms with Gasteiger partial charge in [-0.3, -0.25) is 0 Å². The van der Waals surface area contributed by atoms with Gasteiger partial charge in [0.2, 0.25) is 0 Å². The second kappa shape index (κ2) is 18.9. The van der Waals surface area contributed by atoms with E-state index in [9.17, 15) is 5.11 Å². The highest BCUT2D eigenvalue weighted by molar-refractivity contribution is 4.59. The Bertz CT molecular complexity index is 200. The molecule has 0 heterocycles. The van der Waals surface area contributed by atoms with Crippen molar-refractivity contribution in [3.63, 3.8) is 0 Å². The topological polar surface area (TPSA) is 52.5 Å². The van der Waals surface area contributed by atoms with Gasteiger partial charge in [0.15, 0.2) is 0 Å². The van der Waals surface area contributed by atoms with E-state index >= 15 is 0 Å². The first-order chi connectivity index (χ1) is 10.8. The van der Waals surface area contributed by atoms with Gasteiger partial charge in [-0.1, -0.05) is 90.4 Å². The van der Waals surface area contributed by atoms with Crippen LogP contribution in [0.5, 0.6) is 0 Å². The van der Waals surface area contributed by atoms with Gasteiger partial charge in [0, 0.05) is 13.1 Å². The third-order valence-electron chi connectivity index (χ3n) is 4.31. The maximum atomic E-state index is 9.71. The van der Waals surface area contributed by atoms with E-state index in [1.54, 1.807) is 0 Å². The molecule has 134 valence electrons. The highest BCUT2D eigenvalue weighted by Crippen LogP contribution is 2.13. The molecule has 0 rings (SSSR count). The van der Waals surface area contributed by atoms with Crippen molar-refractivity contribution in [1.82, 2.24) is 5.32 Å². The molecule has 0 saturated heterocycles. The fraction of sp³-hybridized carbons (Fsp3) is 1.00. The van der Waals surface area contributed by atoms with Gasteiger partial charge < -0.3 is 15.5 Å². The zero-order valence-electron chi connectivity index (χ0n) is 15.0. The summed E-state index contributed by atoms with van der Waals surface area (Å²) in [6.45, 7) is 3.61. The molecular weight excluding hydrogens is 274 g/mol. The van der Waals surface area contributed by atoms with Crippen LogP contribution in [0.3, 0.4) is 0 Å². The minimum atomic E-state index is -0.251. The molecule has 0 saturated carbocycles. The number of aliphatic hydroxyl groups is 2. The summed E-state index contributed by atoms with van der Waals surface area (Å²) < 4.78 is 0. The van der Waals surface area contributed by atoms with Crippen LogP contribution in [0.15, 0.2) is 0 Å². The molecule has 0 fully saturated rings. The SMILES string of the molecule is CCCCCCCCCCCCCCCC(O)CNCCO. The average molecular weight is 316 g/mol. The van der Waals surface area contributed by atoms with Gasteiger partial charge >= 0.3 is 0 Å². The van der Waals surface area contributed by atoms with Crippen LogP contribution < -0.4 is 5.32 Å². The maximum Gasteiger partial charge on any atom is 0.0664 e. The summed E-state index contributed by atoms with van der Waals surface area (Å²) in [5.74, 6) is 0. The summed E-state index contributed by atoms with van der Waals surface area (Å²) >= 11 is 0. The molecule has 22 heavy (non-hydrogen) atoms. The smallest absolute Gasteiger partial charge is 0.0664 e. The van der Waals surface area contributed by atoms with Crippen LogP contribution in [-0.2, 0) is 0 Å². The Kier molecular flexibility index (Phi) is 18.8. The van der Waals surface area contributed by atoms with Crippen LogP contribution in [0.2, 0.25) is 0 Å². The standard InChI is InChI=1S/C19H41NO2/c1-2-3-4-5-6-7-8-9-10-11-12-13-14-15-19(22)18-20-16-17-21/h19-22H,2-18H2,1H3. The third kappa shape index (κ3) is 17.9. The van der Waals surface area contributed by atoms with Gasteiger partial charge in [0.05, 0.1) is 12.7 Å². The van der Waals surface area contributed by atoms with E-state index in [1.165, 1.54) is 77.0 Å². The zero-order valence-corrected chi connectivity index (χ0v) is 15.0. The average Bonchev–Trinajstić information content (AvgIpc) is 2.52. The summed E-state index contributed by atoms with van der Waals surface area (Å²) in [6, 6.07) is 0. The molecule has 1 atom stereocenters. The lowest BCUT2D eigenvalue weighted by Gasteiger charge is -2.10. The molecule has 0 aliphatic heterocycles. The number of nitrogens with one attached hydrogen (secondary N) is 1. The Hall–Kier alpha value is -0.120. The Morgan fingerprint density at radius 1 is 0.727 bits per heavy atom. The highest BCUT2D eigenvalue weighted by atomic mass is 16.3. The molecule has 0 aromatic rings. The number of unbranched alkanes of at least 4 members (excludes halogenated alkanes) is 12. The van der Waals surface area contributed by atoms with Crippen LogP contribution in [0.1, 0.15) is 96.8 Å². The van der Waals surface area contributed by atoms with E-state index in [0.29, 0.717) is 13.1 Å². The van der Waals surface area contributed by atoms with Crippen molar-refractivity contribution in [3.8, 4) is 0 Å². The first-order valence-corrected chi connectivity index (χ1v) is 9.81. The van der Waals surface area contributed by atoms with Crippen LogP contribution in [0.25, 0.3) is 0 Å². The highest BCUT2D eigenvalue weighted by Gasteiger charge is 2.02. The van der Waals surface area contributed by atoms with Crippen LogP contribution in [0.4, 0.5) is 0 Å². The molecule has 3 N–H and O–H groups in total. The summed E-state index contributed by atoms with van der Waals surface area (Å²) in [7, 11) is 0. The minimum Gasteiger partial charge on any atom is -0.395 e. The predicted octanol–water partition coefficient (Wildman–Crippen LogP) is 4.41. The molecule has 3 heteroatoms. The van der Waals surface area contributed by atoms with E-state index in [4.69, 9.17) is 5.11 Å². The van der Waals surface area contributed by atoms with Gasteiger partial charge in [-0.05, 0) is 6.42 Å². The summed E-state index contributed by atoms with van der Waals surface area (Å²) in [5, 5.41) is 21.4. The molecule has 0 aliphatic rings. The molecule has 0 aromatic heterocycles. The van der Waals surface area contributed by atoms with E-state index in [-0.39, 0.29) is 12.7 Å². The van der Waals surface area contributed by atoms with E-state index in [0.717, 1.165) is 12.8 Å². The monoisotopic (exact) mass is 315 g/mol. The molecule has 0 radical (unpaired) electrons. The number of rotatable bonds is 18. The Labute approximate surface area is 138 Å². The Balaban J connectivity index is 3.05. The molecule has 3 nitrogen and oxygen atoms in total. The summed E-state index contributed by atoms with van der Waals surface area (Å²) in [6.07, 6.45) is 18.4. The van der Waals surface area contributed by atoms with Crippen molar-refractivity contribution in [2.75, 3.05) is 19.7 Å². The van der Waals surface area contributed by atoms with E-state index in [2.05, 4.69) is 12.2 Å². The van der Waals surface area contributed by atoms with Crippen molar-refractivity contribution < 1.29 is 10.2 Å². The number of aliphatic hydroxyl groups excluding tert-OH is 2. The maximum absolute atomic E-state index is 9.71. The van der Waals surface area contributed by atoms with Crippen LogP contribution in [0, 0.1) is 0 Å². The molecule has 0 spiro atoms. The second-order valence-electron chi connectivity index (χ2n) is 6.61. The third-order valence-corrected chi connectivity index (χ3v) is 4.31. The van der Waals surface area contributed by atoms with Crippen molar-refractivity contribution >= 4 is 0 Å². The van der Waals surface area contributed by atoms with E-state index < -0.39 is 0 Å². The predicted molar refractivity (Wildman–Crippen MR) is 96.3 cm³/mol. The molecule has 1 unspecified atom stereocenters. The van der Waals surface area contributed by atoms with Crippen molar-refractivity contribution in [1.29, 1.82) is 0 Å². The largest absolute Gasteiger partial charge is 0.395 e. The van der Waals surface area contributed by atoms with Crippen LogP contribution in [-0.4, -0.2) is 36.0 Å². The van der Waals surface area contributed by atoms with E-state index in [1.807, 2.05) is 0 Å². The molecule has 0 amide bonds. The molecule has 0 bridgehead atoms. The summed E-state index contributed by atoms with van der Waals surface area (Å²) in [5.41, 5.74) is 0. The normalized spacial score (nSPS) is 12.7. The Morgan fingerprint density at radius 2 is 1.18 bits per heavy atom. The molecular formula is C19H41NO2. The van der Waals surface area contributed by atoms with Gasteiger partial charge in [-0.2, -0.15) is 0 Å². The molecule has 0 aromatic carbocycles. The van der Waals surface area contributed by atoms with Gasteiger partial charge in [-0.15, -0.1) is 0 Å². The van der Waals surface area contributed by atoms with Crippen molar-refractivity contribution in [2.24, 2.45) is 0 Å². The molecule has 0 aliphatic carbocycles. The summed E-state index contributed by atoms with van der Waals surface area (Å²) in [4.78, 5) is 0. The Morgan fingerprint density at radius 3 is 1.64 bits per heavy atom. The van der Waals surface area contributed by atoms with Gasteiger partial charge in [0.25, 0.3) is 0 Å². The fourth-order valence-electron chi connectivity index (χ4n) is 2.85.